The molecule has 1 aliphatic heterocycles. The Morgan fingerprint density at radius 2 is 1.88 bits per heavy atom. The van der Waals surface area contributed by atoms with Crippen LogP contribution in [0.4, 0.5) is 0 Å². The summed E-state index contributed by atoms with van der Waals surface area (Å²) in [6.07, 6.45) is 7.71. The van der Waals surface area contributed by atoms with Gasteiger partial charge in [-0.2, -0.15) is 0 Å². The fourth-order valence-electron chi connectivity index (χ4n) is 6.24. The topological polar surface area (TPSA) is 102 Å². The molecule has 1 saturated carbocycles. The number of aliphatic hydroxyl groups is 1. The van der Waals surface area contributed by atoms with E-state index in [-0.39, 0.29) is 23.7 Å². The van der Waals surface area contributed by atoms with Crippen LogP contribution in [0.2, 0.25) is 0 Å². The van der Waals surface area contributed by atoms with Crippen molar-refractivity contribution in [2.75, 3.05) is 33.8 Å². The minimum absolute atomic E-state index is 0.0126. The zero-order valence-electron chi connectivity index (χ0n) is 25.0. The molecule has 8 heteroatoms. The highest BCUT2D eigenvalue weighted by Gasteiger charge is 2.43. The number of fused-ring (bicyclic) bond motifs is 2. The minimum Gasteiger partial charge on any atom is -0.396 e. The number of aromatic nitrogens is 3. The van der Waals surface area contributed by atoms with Gasteiger partial charge in [-0.15, -0.1) is 0 Å². The number of amides is 1. The number of aromatic amines is 1. The smallest absolute Gasteiger partial charge is 0.253 e. The van der Waals surface area contributed by atoms with E-state index in [1.807, 2.05) is 37.5 Å². The van der Waals surface area contributed by atoms with Crippen molar-refractivity contribution in [2.45, 2.75) is 52.5 Å². The van der Waals surface area contributed by atoms with E-state index >= 15 is 0 Å². The quantitative estimate of drug-likeness (QED) is 0.293. The third-order valence-electron chi connectivity index (χ3n) is 9.06. The van der Waals surface area contributed by atoms with Gasteiger partial charge in [0.15, 0.2) is 5.65 Å². The second-order valence-corrected chi connectivity index (χ2v) is 12.5. The zero-order valence-corrected chi connectivity index (χ0v) is 25.0. The lowest BCUT2D eigenvalue weighted by Crippen LogP contribution is -2.33. The van der Waals surface area contributed by atoms with E-state index in [9.17, 15) is 14.7 Å². The van der Waals surface area contributed by atoms with Gasteiger partial charge in [-0.05, 0) is 79.1 Å². The summed E-state index contributed by atoms with van der Waals surface area (Å²) in [6.45, 7) is 6.76. The SMILES string of the molecule is Cc1cc(-c2c[nH]c3ncc(-c4cc(C)c5c(c4)CN(CCC(=O)CC4(CO)CC4)CC5)nc23)ccc1C(=O)N(C)C. The van der Waals surface area contributed by atoms with Crippen LogP contribution >= 0.6 is 0 Å². The Hall–Kier alpha value is -3.88. The summed E-state index contributed by atoms with van der Waals surface area (Å²) < 4.78 is 0. The van der Waals surface area contributed by atoms with Gasteiger partial charge < -0.3 is 15.0 Å². The number of nitrogens with zero attached hydrogens (tertiary/aromatic N) is 4. The van der Waals surface area contributed by atoms with Crippen LogP contribution in [0.25, 0.3) is 33.5 Å². The Balaban J connectivity index is 1.23. The van der Waals surface area contributed by atoms with Gasteiger partial charge in [-0.3, -0.25) is 14.5 Å². The second kappa shape index (κ2) is 11.1. The van der Waals surface area contributed by atoms with Crippen molar-refractivity contribution < 1.29 is 14.7 Å². The summed E-state index contributed by atoms with van der Waals surface area (Å²) in [7, 11) is 3.52. The zero-order chi connectivity index (χ0) is 29.6. The molecule has 0 unspecified atom stereocenters. The molecule has 0 spiro atoms. The Kier molecular flexibility index (Phi) is 7.45. The third kappa shape index (κ3) is 5.49. The van der Waals surface area contributed by atoms with Gasteiger partial charge in [0.1, 0.15) is 11.3 Å². The largest absolute Gasteiger partial charge is 0.396 e. The molecule has 1 amide bonds. The van der Waals surface area contributed by atoms with E-state index in [0.29, 0.717) is 18.4 Å². The van der Waals surface area contributed by atoms with Crippen LogP contribution < -0.4 is 0 Å². The van der Waals surface area contributed by atoms with Gasteiger partial charge in [0.2, 0.25) is 0 Å². The predicted octanol–water partition coefficient (Wildman–Crippen LogP) is 5.09. The second-order valence-electron chi connectivity index (χ2n) is 12.5. The molecule has 2 aliphatic rings. The van der Waals surface area contributed by atoms with Gasteiger partial charge >= 0.3 is 0 Å². The highest BCUT2D eigenvalue weighted by Crippen LogP contribution is 2.48. The lowest BCUT2D eigenvalue weighted by atomic mass is 9.91. The summed E-state index contributed by atoms with van der Waals surface area (Å²) in [4.78, 5) is 42.1. The van der Waals surface area contributed by atoms with Gasteiger partial charge in [0, 0.05) is 81.5 Å². The first kappa shape index (κ1) is 28.2. The Bertz CT molecular complexity index is 1680. The maximum atomic E-state index is 12.6. The molecule has 2 N–H and O–H groups in total. The lowest BCUT2D eigenvalue weighted by Gasteiger charge is -2.30. The van der Waals surface area contributed by atoms with Crippen molar-refractivity contribution in [1.29, 1.82) is 0 Å². The van der Waals surface area contributed by atoms with Crippen molar-refractivity contribution in [3.05, 3.63) is 70.5 Å². The highest BCUT2D eigenvalue weighted by molar-refractivity contribution is 5.97. The Morgan fingerprint density at radius 3 is 2.60 bits per heavy atom. The minimum atomic E-state index is -0.119. The fraction of sp³-hybridized carbons (Fsp3) is 0.412. The molecule has 2 aromatic carbocycles. The third-order valence-corrected chi connectivity index (χ3v) is 9.06. The van der Waals surface area contributed by atoms with Gasteiger partial charge in [-0.1, -0.05) is 12.1 Å². The fourth-order valence-corrected chi connectivity index (χ4v) is 6.24. The summed E-state index contributed by atoms with van der Waals surface area (Å²) >= 11 is 0. The molecule has 0 atom stereocenters. The molecule has 4 aromatic rings. The molecule has 6 rings (SSSR count). The maximum absolute atomic E-state index is 12.6. The van der Waals surface area contributed by atoms with Gasteiger partial charge in [0.25, 0.3) is 5.91 Å². The number of nitrogens with one attached hydrogen (secondary N) is 1. The first-order valence-corrected chi connectivity index (χ1v) is 14.8. The van der Waals surface area contributed by atoms with E-state index in [1.54, 1.807) is 19.0 Å². The van der Waals surface area contributed by atoms with Crippen LogP contribution in [0.3, 0.4) is 0 Å². The van der Waals surface area contributed by atoms with E-state index in [2.05, 4.69) is 28.9 Å². The average molecular weight is 566 g/mol. The number of aliphatic hydroxyl groups excluding tert-OH is 1. The highest BCUT2D eigenvalue weighted by atomic mass is 16.3. The molecule has 1 fully saturated rings. The van der Waals surface area contributed by atoms with Crippen LogP contribution in [0, 0.1) is 19.3 Å². The summed E-state index contributed by atoms with van der Waals surface area (Å²) in [5.74, 6) is 0.249. The predicted molar refractivity (Wildman–Crippen MR) is 164 cm³/mol. The van der Waals surface area contributed by atoms with Crippen molar-refractivity contribution >= 4 is 22.9 Å². The normalized spacial score (nSPS) is 15.9. The summed E-state index contributed by atoms with van der Waals surface area (Å²) in [5, 5.41) is 9.57. The Morgan fingerprint density at radius 1 is 1.10 bits per heavy atom. The van der Waals surface area contributed by atoms with Crippen LogP contribution in [-0.4, -0.2) is 75.3 Å². The lowest BCUT2D eigenvalue weighted by molar-refractivity contribution is -0.121. The molecule has 0 radical (unpaired) electrons. The van der Waals surface area contributed by atoms with Crippen LogP contribution in [0.1, 0.15) is 58.3 Å². The molecule has 2 aromatic heterocycles. The molecule has 0 bridgehead atoms. The molecule has 3 heterocycles. The maximum Gasteiger partial charge on any atom is 0.253 e. The van der Waals surface area contributed by atoms with Gasteiger partial charge in [-0.25, -0.2) is 9.97 Å². The number of benzene rings is 2. The number of rotatable bonds is 9. The molecule has 218 valence electrons. The first-order chi connectivity index (χ1) is 20.2. The number of carbonyl (C=O) groups excluding carboxylic acids is 2. The standard InChI is InChI=1S/C34H39N5O3/c1-21-14-24(15-25-19-39(12-8-27(21)25)11-7-26(41)16-34(20-40)9-10-34)30-18-36-32-31(37-30)29(17-35-32)23-5-6-28(22(2)13-23)33(42)38(3)4/h5-6,13-15,17-18,40H,7-12,16,19-20H2,1-4H3,(H,35,36). The molecule has 42 heavy (non-hydrogen) atoms. The molecular weight excluding hydrogens is 526 g/mol. The van der Waals surface area contributed by atoms with E-state index in [0.717, 1.165) is 78.0 Å². The molecule has 8 nitrogen and oxygen atoms in total. The van der Waals surface area contributed by atoms with Crippen molar-refractivity contribution in [3.63, 3.8) is 0 Å². The van der Waals surface area contributed by atoms with E-state index < -0.39 is 0 Å². The van der Waals surface area contributed by atoms with Crippen LogP contribution in [0.15, 0.2) is 42.7 Å². The molecule has 1 aliphatic carbocycles. The number of hydrogen-bond acceptors (Lipinski definition) is 6. The first-order valence-electron chi connectivity index (χ1n) is 14.8. The average Bonchev–Trinajstić information content (AvgIpc) is 3.62. The number of carbonyl (C=O) groups is 2. The molecular formula is C34H39N5O3. The van der Waals surface area contributed by atoms with Crippen molar-refractivity contribution in [1.82, 2.24) is 24.8 Å². The number of H-pyrrole nitrogens is 1. The summed E-state index contributed by atoms with van der Waals surface area (Å²) in [6, 6.07) is 10.3. The van der Waals surface area contributed by atoms with E-state index in [4.69, 9.17) is 9.97 Å². The van der Waals surface area contributed by atoms with Crippen molar-refractivity contribution in [2.24, 2.45) is 5.41 Å². The number of hydrogen-bond donors (Lipinski definition) is 2. The number of Topliss-reactive ketones (excluding diaryl/α,β-unsaturated/α-hetero) is 1. The molecule has 0 saturated heterocycles. The number of aryl methyl sites for hydroxylation is 2. The summed E-state index contributed by atoms with van der Waals surface area (Å²) in [5.41, 5.74) is 10.7. The Labute approximate surface area is 246 Å². The van der Waals surface area contributed by atoms with E-state index in [1.165, 1.54) is 16.7 Å². The van der Waals surface area contributed by atoms with Crippen molar-refractivity contribution in [3.8, 4) is 22.4 Å². The van der Waals surface area contributed by atoms with Crippen LogP contribution in [-0.2, 0) is 17.8 Å². The van der Waals surface area contributed by atoms with Crippen LogP contribution in [0.5, 0.6) is 0 Å². The number of ketones is 1. The monoisotopic (exact) mass is 565 g/mol. The van der Waals surface area contributed by atoms with Gasteiger partial charge in [0.05, 0.1) is 11.9 Å².